The lowest BCUT2D eigenvalue weighted by atomic mass is 10.3. The third-order valence-electron chi connectivity index (χ3n) is 2.91. The SMILES string of the molecule is COC1CCN(C(=O)c2cc(NN)ccn2)C1. The molecule has 1 saturated heterocycles. The fourth-order valence-electron chi connectivity index (χ4n) is 1.90. The lowest BCUT2D eigenvalue weighted by Gasteiger charge is -2.15. The van der Waals surface area contributed by atoms with E-state index in [4.69, 9.17) is 10.6 Å². The number of nitrogens with zero attached hydrogens (tertiary/aromatic N) is 2. The van der Waals surface area contributed by atoms with E-state index in [2.05, 4.69) is 10.4 Å². The first-order chi connectivity index (χ1) is 8.24. The summed E-state index contributed by atoms with van der Waals surface area (Å²) in [5.41, 5.74) is 3.57. The summed E-state index contributed by atoms with van der Waals surface area (Å²) >= 11 is 0. The van der Waals surface area contributed by atoms with Crippen molar-refractivity contribution in [3.05, 3.63) is 24.0 Å². The highest BCUT2D eigenvalue weighted by Gasteiger charge is 2.27. The molecule has 0 bridgehead atoms. The first kappa shape index (κ1) is 11.8. The molecular formula is C11H16N4O2. The number of methoxy groups -OCH3 is 1. The molecule has 0 saturated carbocycles. The van der Waals surface area contributed by atoms with Gasteiger partial charge in [0.2, 0.25) is 0 Å². The molecule has 1 fully saturated rings. The summed E-state index contributed by atoms with van der Waals surface area (Å²) in [6, 6.07) is 3.35. The Hall–Kier alpha value is -1.66. The molecule has 1 atom stereocenters. The van der Waals surface area contributed by atoms with Crippen LogP contribution in [0.3, 0.4) is 0 Å². The Bertz CT molecular complexity index is 410. The number of hydrogen-bond donors (Lipinski definition) is 2. The zero-order valence-electron chi connectivity index (χ0n) is 9.72. The van der Waals surface area contributed by atoms with Crippen molar-refractivity contribution >= 4 is 11.6 Å². The number of anilines is 1. The van der Waals surface area contributed by atoms with Crippen LogP contribution in [0.2, 0.25) is 0 Å². The number of aromatic nitrogens is 1. The number of rotatable bonds is 3. The standard InChI is InChI=1S/C11H16N4O2/c1-17-9-3-5-15(7-9)11(16)10-6-8(14-12)2-4-13-10/h2,4,6,9H,3,5,7,12H2,1H3,(H,13,14). The van der Waals surface area contributed by atoms with Gasteiger partial charge in [-0.05, 0) is 18.6 Å². The van der Waals surface area contributed by atoms with Crippen molar-refractivity contribution in [1.29, 1.82) is 0 Å². The van der Waals surface area contributed by atoms with Crippen molar-refractivity contribution in [1.82, 2.24) is 9.88 Å². The van der Waals surface area contributed by atoms with Gasteiger partial charge in [0.05, 0.1) is 11.8 Å². The molecule has 6 heteroatoms. The molecule has 1 aliphatic heterocycles. The first-order valence-corrected chi connectivity index (χ1v) is 5.49. The van der Waals surface area contributed by atoms with Gasteiger partial charge in [-0.25, -0.2) is 0 Å². The third-order valence-corrected chi connectivity index (χ3v) is 2.91. The average molecular weight is 236 g/mol. The Morgan fingerprint density at radius 2 is 2.53 bits per heavy atom. The van der Waals surface area contributed by atoms with Crippen molar-refractivity contribution < 1.29 is 9.53 Å². The van der Waals surface area contributed by atoms with E-state index in [-0.39, 0.29) is 12.0 Å². The third kappa shape index (κ3) is 2.54. The van der Waals surface area contributed by atoms with E-state index in [1.807, 2.05) is 0 Å². The van der Waals surface area contributed by atoms with E-state index in [1.54, 1.807) is 30.3 Å². The lowest BCUT2D eigenvalue weighted by Crippen LogP contribution is -2.30. The Morgan fingerprint density at radius 3 is 3.18 bits per heavy atom. The van der Waals surface area contributed by atoms with Crippen LogP contribution in [-0.2, 0) is 4.74 Å². The van der Waals surface area contributed by atoms with Gasteiger partial charge in [-0.1, -0.05) is 0 Å². The second kappa shape index (κ2) is 5.11. The molecule has 0 radical (unpaired) electrons. The molecule has 2 rings (SSSR count). The topological polar surface area (TPSA) is 80.5 Å². The van der Waals surface area contributed by atoms with E-state index in [0.717, 1.165) is 6.42 Å². The van der Waals surface area contributed by atoms with Gasteiger partial charge in [-0.15, -0.1) is 0 Å². The molecule has 0 spiro atoms. The largest absolute Gasteiger partial charge is 0.380 e. The number of carbonyl (C=O) groups excluding carboxylic acids is 1. The molecule has 0 aliphatic carbocycles. The van der Waals surface area contributed by atoms with E-state index < -0.39 is 0 Å². The Labute approximate surface area is 99.7 Å². The molecule has 1 amide bonds. The maximum atomic E-state index is 12.1. The van der Waals surface area contributed by atoms with Crippen LogP contribution in [0.1, 0.15) is 16.9 Å². The van der Waals surface area contributed by atoms with Crippen LogP contribution in [0.5, 0.6) is 0 Å². The minimum atomic E-state index is -0.0818. The monoisotopic (exact) mass is 236 g/mol. The molecule has 3 N–H and O–H groups in total. The summed E-state index contributed by atoms with van der Waals surface area (Å²) < 4.78 is 5.23. The number of nitrogens with two attached hydrogens (primary N) is 1. The molecule has 1 aromatic heterocycles. The minimum absolute atomic E-state index is 0.0818. The van der Waals surface area contributed by atoms with E-state index in [9.17, 15) is 4.79 Å². The van der Waals surface area contributed by atoms with Crippen molar-refractivity contribution in [2.45, 2.75) is 12.5 Å². The Balaban J connectivity index is 2.09. The molecule has 1 unspecified atom stereocenters. The predicted molar refractivity (Wildman–Crippen MR) is 63.4 cm³/mol. The average Bonchev–Trinajstić information content (AvgIpc) is 2.86. The van der Waals surface area contributed by atoms with Gasteiger partial charge in [0.25, 0.3) is 5.91 Å². The lowest BCUT2D eigenvalue weighted by molar-refractivity contribution is 0.0719. The van der Waals surface area contributed by atoms with Crippen LogP contribution >= 0.6 is 0 Å². The van der Waals surface area contributed by atoms with Gasteiger partial charge in [0.15, 0.2) is 0 Å². The number of ether oxygens (including phenoxy) is 1. The van der Waals surface area contributed by atoms with Crippen LogP contribution in [-0.4, -0.2) is 42.1 Å². The quantitative estimate of drug-likeness (QED) is 0.580. The van der Waals surface area contributed by atoms with Crippen molar-refractivity contribution in [3.8, 4) is 0 Å². The summed E-state index contributed by atoms with van der Waals surface area (Å²) in [4.78, 5) is 17.9. The normalized spacial score (nSPS) is 19.4. The second-order valence-corrected chi connectivity index (χ2v) is 3.97. The van der Waals surface area contributed by atoms with Crippen molar-refractivity contribution in [3.63, 3.8) is 0 Å². The molecule has 2 heterocycles. The minimum Gasteiger partial charge on any atom is -0.380 e. The number of hydrogen-bond acceptors (Lipinski definition) is 5. The molecule has 6 nitrogen and oxygen atoms in total. The number of amides is 1. The van der Waals surface area contributed by atoms with Gasteiger partial charge >= 0.3 is 0 Å². The zero-order valence-corrected chi connectivity index (χ0v) is 9.72. The molecule has 0 aromatic carbocycles. The molecule has 1 aliphatic rings. The summed E-state index contributed by atoms with van der Waals surface area (Å²) in [7, 11) is 1.66. The number of pyridine rings is 1. The number of nitrogens with one attached hydrogen (secondary N) is 1. The number of hydrazine groups is 1. The maximum Gasteiger partial charge on any atom is 0.272 e. The number of carbonyl (C=O) groups is 1. The van der Waals surface area contributed by atoms with Crippen LogP contribution in [0.15, 0.2) is 18.3 Å². The molecule has 17 heavy (non-hydrogen) atoms. The number of nitrogen functional groups attached to an aromatic ring is 1. The Morgan fingerprint density at radius 1 is 1.71 bits per heavy atom. The highest BCUT2D eigenvalue weighted by Crippen LogP contribution is 2.15. The first-order valence-electron chi connectivity index (χ1n) is 5.49. The molecule has 1 aromatic rings. The van der Waals surface area contributed by atoms with E-state index in [0.29, 0.717) is 24.5 Å². The fraction of sp³-hybridized carbons (Fsp3) is 0.455. The molecular weight excluding hydrogens is 220 g/mol. The molecule has 92 valence electrons. The second-order valence-electron chi connectivity index (χ2n) is 3.97. The Kier molecular flexibility index (Phi) is 3.55. The van der Waals surface area contributed by atoms with E-state index in [1.165, 1.54) is 0 Å². The highest BCUT2D eigenvalue weighted by atomic mass is 16.5. The summed E-state index contributed by atoms with van der Waals surface area (Å²) in [6.07, 6.45) is 2.57. The van der Waals surface area contributed by atoms with E-state index >= 15 is 0 Å². The van der Waals surface area contributed by atoms with Crippen molar-refractivity contribution in [2.24, 2.45) is 5.84 Å². The van der Waals surface area contributed by atoms with Gasteiger partial charge in [-0.2, -0.15) is 0 Å². The van der Waals surface area contributed by atoms with Gasteiger partial charge in [0, 0.05) is 26.4 Å². The van der Waals surface area contributed by atoms with Crippen LogP contribution < -0.4 is 11.3 Å². The highest BCUT2D eigenvalue weighted by molar-refractivity contribution is 5.93. The van der Waals surface area contributed by atoms with Crippen LogP contribution in [0.25, 0.3) is 0 Å². The van der Waals surface area contributed by atoms with Gasteiger partial charge < -0.3 is 15.1 Å². The predicted octanol–water partition coefficient (Wildman–Crippen LogP) is 0.228. The van der Waals surface area contributed by atoms with Crippen molar-refractivity contribution in [2.75, 3.05) is 25.6 Å². The zero-order chi connectivity index (χ0) is 12.3. The summed E-state index contributed by atoms with van der Waals surface area (Å²) in [6.45, 7) is 1.33. The maximum absolute atomic E-state index is 12.1. The smallest absolute Gasteiger partial charge is 0.272 e. The summed E-state index contributed by atoms with van der Waals surface area (Å²) in [5, 5.41) is 0. The summed E-state index contributed by atoms with van der Waals surface area (Å²) in [5.74, 6) is 5.21. The van der Waals surface area contributed by atoms with Gasteiger partial charge in [-0.3, -0.25) is 15.6 Å². The number of likely N-dealkylation sites (tertiary alicyclic amines) is 1. The van der Waals surface area contributed by atoms with Crippen LogP contribution in [0.4, 0.5) is 5.69 Å². The van der Waals surface area contributed by atoms with Gasteiger partial charge in [0.1, 0.15) is 5.69 Å². The fourth-order valence-corrected chi connectivity index (χ4v) is 1.90. The van der Waals surface area contributed by atoms with Crippen LogP contribution in [0, 0.1) is 0 Å².